The Labute approximate surface area is 177 Å². The van der Waals surface area contributed by atoms with Crippen LogP contribution in [0.2, 0.25) is 0 Å². The van der Waals surface area contributed by atoms with E-state index in [2.05, 4.69) is 10.5 Å². The van der Waals surface area contributed by atoms with Crippen LogP contribution in [0, 0.1) is 26.7 Å². The minimum Gasteiger partial charge on any atom is -0.382 e. The Hall–Kier alpha value is -2.61. The van der Waals surface area contributed by atoms with E-state index in [0.717, 1.165) is 23.6 Å². The maximum absolute atomic E-state index is 13.1. The molecule has 0 radical (unpaired) electrons. The summed E-state index contributed by atoms with van der Waals surface area (Å²) in [6.07, 6.45) is 2.19. The summed E-state index contributed by atoms with van der Waals surface area (Å²) >= 11 is 0. The van der Waals surface area contributed by atoms with Crippen LogP contribution >= 0.6 is 0 Å². The van der Waals surface area contributed by atoms with E-state index in [-0.39, 0.29) is 17.7 Å². The third-order valence-corrected chi connectivity index (χ3v) is 5.63. The van der Waals surface area contributed by atoms with Gasteiger partial charge in [0.1, 0.15) is 5.76 Å². The van der Waals surface area contributed by atoms with E-state index in [0.29, 0.717) is 57.1 Å². The van der Waals surface area contributed by atoms with Gasteiger partial charge in [0.15, 0.2) is 5.82 Å². The van der Waals surface area contributed by atoms with Crippen LogP contribution in [0.25, 0.3) is 5.82 Å². The van der Waals surface area contributed by atoms with Crippen molar-refractivity contribution in [1.29, 1.82) is 0 Å². The number of hydrogen-bond donors (Lipinski definition) is 1. The third kappa shape index (κ3) is 4.92. The number of likely N-dealkylation sites (tertiary alicyclic amines) is 1. The molecular formula is C22H32N4O4. The Morgan fingerprint density at radius 1 is 1.23 bits per heavy atom. The van der Waals surface area contributed by atoms with Crippen molar-refractivity contribution in [3.8, 4) is 5.82 Å². The van der Waals surface area contributed by atoms with E-state index in [1.807, 2.05) is 49.3 Å². The molecule has 2 aromatic rings. The van der Waals surface area contributed by atoms with E-state index in [4.69, 9.17) is 9.26 Å². The first-order valence-corrected chi connectivity index (χ1v) is 10.7. The molecule has 1 N–H and O–H groups in total. The Bertz CT molecular complexity index is 878. The van der Waals surface area contributed by atoms with Crippen LogP contribution in [0.15, 0.2) is 16.7 Å². The lowest BCUT2D eigenvalue weighted by Crippen LogP contribution is -2.43. The normalized spacial score (nSPS) is 14.9. The van der Waals surface area contributed by atoms with E-state index < -0.39 is 0 Å². The van der Waals surface area contributed by atoms with Crippen molar-refractivity contribution in [2.24, 2.45) is 5.92 Å². The quantitative estimate of drug-likeness (QED) is 0.669. The van der Waals surface area contributed by atoms with Crippen molar-refractivity contribution in [3.05, 3.63) is 34.8 Å². The monoisotopic (exact) mass is 416 g/mol. The highest BCUT2D eigenvalue weighted by molar-refractivity contribution is 5.96. The fourth-order valence-corrected chi connectivity index (χ4v) is 3.98. The van der Waals surface area contributed by atoms with Crippen LogP contribution in [-0.2, 0) is 9.53 Å². The fourth-order valence-electron chi connectivity index (χ4n) is 3.98. The van der Waals surface area contributed by atoms with Gasteiger partial charge in [-0.15, -0.1) is 0 Å². The second kappa shape index (κ2) is 9.93. The average Bonchev–Trinajstić information content (AvgIpc) is 3.29. The van der Waals surface area contributed by atoms with Crippen LogP contribution in [0.3, 0.4) is 0 Å². The molecular weight excluding hydrogens is 384 g/mol. The van der Waals surface area contributed by atoms with Crippen LogP contribution in [0.5, 0.6) is 0 Å². The molecule has 0 saturated carbocycles. The topological polar surface area (TPSA) is 89.6 Å². The van der Waals surface area contributed by atoms with Crippen molar-refractivity contribution in [3.63, 3.8) is 0 Å². The smallest absolute Gasteiger partial charge is 0.255 e. The molecule has 2 aromatic heterocycles. The Morgan fingerprint density at radius 3 is 2.60 bits per heavy atom. The fraction of sp³-hybridized carbons (Fsp3) is 0.591. The zero-order valence-corrected chi connectivity index (χ0v) is 18.4. The minimum absolute atomic E-state index is 0.00476. The molecule has 164 valence electrons. The number of carbonyl (C=O) groups is 2. The van der Waals surface area contributed by atoms with Crippen LogP contribution in [0.1, 0.15) is 53.7 Å². The van der Waals surface area contributed by atoms with Gasteiger partial charge < -0.3 is 19.5 Å². The lowest BCUT2D eigenvalue weighted by Gasteiger charge is -2.31. The van der Waals surface area contributed by atoms with Crippen molar-refractivity contribution in [2.75, 3.05) is 32.8 Å². The Kier molecular flexibility index (Phi) is 7.31. The highest BCUT2D eigenvalue weighted by Crippen LogP contribution is 2.24. The zero-order valence-electron chi connectivity index (χ0n) is 18.4. The first-order chi connectivity index (χ1) is 14.4. The third-order valence-electron chi connectivity index (χ3n) is 5.63. The average molecular weight is 417 g/mol. The molecule has 0 bridgehead atoms. The minimum atomic E-state index is -0.0355. The van der Waals surface area contributed by atoms with Gasteiger partial charge in [-0.1, -0.05) is 5.16 Å². The maximum Gasteiger partial charge on any atom is 0.255 e. The molecule has 0 aliphatic carbocycles. The van der Waals surface area contributed by atoms with E-state index in [1.165, 1.54) is 0 Å². The van der Waals surface area contributed by atoms with Gasteiger partial charge in [-0.2, -0.15) is 0 Å². The maximum atomic E-state index is 13.1. The second-order valence-electron chi connectivity index (χ2n) is 7.82. The number of piperidine rings is 1. The predicted octanol–water partition coefficient (Wildman–Crippen LogP) is 2.79. The number of rotatable bonds is 8. The molecule has 1 aliphatic heterocycles. The van der Waals surface area contributed by atoms with Crippen molar-refractivity contribution in [1.82, 2.24) is 19.9 Å². The molecule has 0 spiro atoms. The highest BCUT2D eigenvalue weighted by atomic mass is 16.5. The lowest BCUT2D eigenvalue weighted by molar-refractivity contribution is -0.126. The van der Waals surface area contributed by atoms with Gasteiger partial charge in [0.2, 0.25) is 5.91 Å². The highest BCUT2D eigenvalue weighted by Gasteiger charge is 2.29. The predicted molar refractivity (Wildman–Crippen MR) is 113 cm³/mol. The Balaban J connectivity index is 1.56. The molecule has 2 amide bonds. The van der Waals surface area contributed by atoms with Crippen LogP contribution < -0.4 is 5.32 Å². The molecule has 1 saturated heterocycles. The van der Waals surface area contributed by atoms with Gasteiger partial charge in [0.05, 0.1) is 5.56 Å². The molecule has 0 aromatic carbocycles. The first kappa shape index (κ1) is 22.1. The summed E-state index contributed by atoms with van der Waals surface area (Å²) in [5.41, 5.74) is 2.46. The number of aryl methyl sites for hydroxylation is 2. The first-order valence-electron chi connectivity index (χ1n) is 10.7. The molecule has 0 unspecified atom stereocenters. The number of carbonyl (C=O) groups excluding carboxylic acids is 2. The number of ether oxygens (including phenoxy) is 1. The summed E-state index contributed by atoms with van der Waals surface area (Å²) in [5, 5.41) is 7.06. The van der Waals surface area contributed by atoms with E-state index >= 15 is 0 Å². The van der Waals surface area contributed by atoms with Crippen molar-refractivity contribution < 1.29 is 18.8 Å². The second-order valence-corrected chi connectivity index (χ2v) is 7.82. The largest absolute Gasteiger partial charge is 0.382 e. The summed E-state index contributed by atoms with van der Waals surface area (Å²) < 4.78 is 12.4. The summed E-state index contributed by atoms with van der Waals surface area (Å²) in [4.78, 5) is 27.3. The number of hydrogen-bond acceptors (Lipinski definition) is 5. The molecule has 1 aliphatic rings. The van der Waals surface area contributed by atoms with Crippen LogP contribution in [0.4, 0.5) is 0 Å². The van der Waals surface area contributed by atoms with E-state index in [9.17, 15) is 9.59 Å². The number of nitrogens with zero attached hydrogens (tertiary/aromatic N) is 3. The summed E-state index contributed by atoms with van der Waals surface area (Å²) in [7, 11) is 0. The summed E-state index contributed by atoms with van der Waals surface area (Å²) in [6, 6.07) is 3.76. The molecule has 8 nitrogen and oxygen atoms in total. The number of amides is 2. The van der Waals surface area contributed by atoms with Gasteiger partial charge in [-0.25, -0.2) is 0 Å². The molecule has 3 rings (SSSR count). The molecule has 3 heterocycles. The van der Waals surface area contributed by atoms with Crippen molar-refractivity contribution in [2.45, 2.75) is 47.0 Å². The zero-order chi connectivity index (χ0) is 21.7. The van der Waals surface area contributed by atoms with Gasteiger partial charge in [0, 0.05) is 56.2 Å². The molecule has 30 heavy (non-hydrogen) atoms. The van der Waals surface area contributed by atoms with Gasteiger partial charge in [-0.05, 0) is 53.0 Å². The molecule has 1 fully saturated rings. The van der Waals surface area contributed by atoms with E-state index in [1.54, 1.807) is 0 Å². The van der Waals surface area contributed by atoms with Crippen molar-refractivity contribution >= 4 is 11.8 Å². The van der Waals surface area contributed by atoms with Gasteiger partial charge in [-0.3, -0.25) is 14.2 Å². The van der Waals surface area contributed by atoms with Gasteiger partial charge >= 0.3 is 0 Å². The number of nitrogens with one attached hydrogen (secondary N) is 1. The van der Waals surface area contributed by atoms with Crippen LogP contribution in [-0.4, -0.2) is 59.3 Å². The molecule has 8 heteroatoms. The molecule has 0 atom stereocenters. The lowest BCUT2D eigenvalue weighted by atomic mass is 9.95. The summed E-state index contributed by atoms with van der Waals surface area (Å²) in [5.74, 6) is 1.46. The Morgan fingerprint density at radius 2 is 1.97 bits per heavy atom. The summed E-state index contributed by atoms with van der Waals surface area (Å²) in [6.45, 7) is 10.8. The number of aromatic nitrogens is 2. The standard InChI is InChI=1S/C22H32N4O4/c1-5-29-12-6-9-23-21(27)18-7-10-25(11-8-18)22(28)19-13-15(2)26(17(19)4)20-14-16(3)30-24-20/h13-14,18H,5-12H2,1-4H3,(H,23,27). The van der Waals surface area contributed by atoms with Gasteiger partial charge in [0.25, 0.3) is 5.91 Å². The SMILES string of the molecule is CCOCCCNC(=O)C1CCN(C(=O)c2cc(C)n(-c3cc(C)on3)c2C)CC1.